The molecule has 0 saturated heterocycles. The molecule has 0 unspecified atom stereocenters. The summed E-state index contributed by atoms with van der Waals surface area (Å²) in [5.41, 5.74) is 1.70. The van der Waals surface area contributed by atoms with Crippen LogP contribution in [0, 0.1) is 0 Å². The van der Waals surface area contributed by atoms with Gasteiger partial charge in [0, 0.05) is 10.4 Å². The van der Waals surface area contributed by atoms with Gasteiger partial charge in [0.2, 0.25) is 0 Å². The van der Waals surface area contributed by atoms with Gasteiger partial charge in [0.1, 0.15) is 0 Å². The monoisotopic (exact) mass is 333 g/mol. The lowest BCUT2D eigenvalue weighted by atomic mass is 10.3. The Hall–Kier alpha value is -0.850. The van der Waals surface area contributed by atoms with E-state index in [0.29, 0.717) is 11.6 Å². The molecule has 0 spiro atoms. The first-order valence-corrected chi connectivity index (χ1v) is 6.74. The van der Waals surface area contributed by atoms with E-state index in [-0.39, 0.29) is 0 Å². The van der Waals surface area contributed by atoms with Gasteiger partial charge in [0.25, 0.3) is 0 Å². The van der Waals surface area contributed by atoms with Gasteiger partial charge in [-0.15, -0.1) is 5.10 Å². The number of benzene rings is 1. The lowest BCUT2D eigenvalue weighted by Crippen LogP contribution is -2.02. The molecule has 1 heterocycles. The van der Waals surface area contributed by atoms with E-state index in [0.717, 1.165) is 21.6 Å². The van der Waals surface area contributed by atoms with Crippen LogP contribution in [0.1, 0.15) is 5.69 Å². The number of aromatic nitrogens is 2. The van der Waals surface area contributed by atoms with E-state index in [1.165, 1.54) is 11.5 Å². The maximum absolute atomic E-state index is 5.99. The van der Waals surface area contributed by atoms with Crippen molar-refractivity contribution in [1.29, 1.82) is 0 Å². The molecule has 0 fully saturated rings. The van der Waals surface area contributed by atoms with Crippen LogP contribution in [0.15, 0.2) is 22.0 Å². The molecule has 0 saturated carbocycles. The zero-order chi connectivity index (χ0) is 12.3. The number of anilines is 1. The molecule has 2 rings (SSSR count). The topological polar surface area (TPSA) is 47.0 Å². The van der Waals surface area contributed by atoms with E-state index in [9.17, 15) is 0 Å². The lowest BCUT2D eigenvalue weighted by Gasteiger charge is -2.12. The Bertz CT molecular complexity index is 507. The van der Waals surface area contributed by atoms with Gasteiger partial charge in [-0.05, 0) is 39.6 Å². The molecule has 2 aromatic rings. The zero-order valence-electron chi connectivity index (χ0n) is 8.91. The van der Waals surface area contributed by atoms with Crippen molar-refractivity contribution in [3.05, 3.63) is 32.7 Å². The fourth-order valence-electron chi connectivity index (χ4n) is 1.35. The molecule has 0 aliphatic rings. The fourth-order valence-corrected chi connectivity index (χ4v) is 2.77. The van der Waals surface area contributed by atoms with Crippen molar-refractivity contribution in [2.24, 2.45) is 0 Å². The molecule has 90 valence electrons. The average Bonchev–Trinajstić information content (AvgIpc) is 2.78. The Kier molecular flexibility index (Phi) is 4.20. The van der Waals surface area contributed by atoms with E-state index >= 15 is 0 Å². The number of rotatable bonds is 4. The number of halogens is 2. The molecule has 0 atom stereocenters. The third-order valence-electron chi connectivity index (χ3n) is 2.08. The molecular weight excluding hydrogens is 326 g/mol. The van der Waals surface area contributed by atoms with Gasteiger partial charge in [-0.1, -0.05) is 16.1 Å². The second kappa shape index (κ2) is 5.66. The Morgan fingerprint density at radius 1 is 1.53 bits per heavy atom. The minimum absolute atomic E-state index is 0.583. The van der Waals surface area contributed by atoms with Crippen molar-refractivity contribution in [3.8, 4) is 5.75 Å². The van der Waals surface area contributed by atoms with Crippen LogP contribution >= 0.6 is 39.1 Å². The van der Waals surface area contributed by atoms with Gasteiger partial charge < -0.3 is 10.1 Å². The highest BCUT2D eigenvalue weighted by Gasteiger charge is 2.09. The average molecular weight is 335 g/mol. The van der Waals surface area contributed by atoms with Gasteiger partial charge >= 0.3 is 0 Å². The van der Waals surface area contributed by atoms with Crippen LogP contribution in [0.2, 0.25) is 5.02 Å². The Labute approximate surface area is 116 Å². The molecule has 4 nitrogen and oxygen atoms in total. The molecular formula is C10H9BrClN3OS. The molecule has 0 radical (unpaired) electrons. The number of nitrogens with zero attached hydrogens (tertiary/aromatic N) is 2. The van der Waals surface area contributed by atoms with Gasteiger partial charge in [-0.2, -0.15) is 0 Å². The van der Waals surface area contributed by atoms with Crippen LogP contribution in [0.4, 0.5) is 5.69 Å². The zero-order valence-corrected chi connectivity index (χ0v) is 12.1. The predicted octanol–water partition coefficient (Wildman–Crippen LogP) is 3.57. The molecule has 0 amide bonds. The molecule has 1 aromatic carbocycles. The van der Waals surface area contributed by atoms with Crippen molar-refractivity contribution in [2.75, 3.05) is 12.4 Å². The van der Waals surface area contributed by atoms with Crippen LogP contribution in [-0.4, -0.2) is 16.7 Å². The quantitative estimate of drug-likeness (QED) is 0.928. The molecule has 0 bridgehead atoms. The Morgan fingerprint density at radius 3 is 3.00 bits per heavy atom. The minimum atomic E-state index is 0.583. The highest BCUT2D eigenvalue weighted by molar-refractivity contribution is 9.10. The molecule has 7 heteroatoms. The third kappa shape index (κ3) is 3.08. The predicted molar refractivity (Wildman–Crippen MR) is 72.9 cm³/mol. The standard InChI is InChI=1S/C10H9BrClN3OS/c1-16-10-8(11)2-6(12)3-9(10)13-4-7-5-17-15-14-7/h2-3,5,13H,4H2,1H3. The molecule has 17 heavy (non-hydrogen) atoms. The van der Waals surface area contributed by atoms with E-state index < -0.39 is 0 Å². The van der Waals surface area contributed by atoms with E-state index in [1.54, 1.807) is 13.2 Å². The number of methoxy groups -OCH3 is 1. The largest absolute Gasteiger partial charge is 0.493 e. The fraction of sp³-hybridized carbons (Fsp3) is 0.200. The minimum Gasteiger partial charge on any atom is -0.493 e. The van der Waals surface area contributed by atoms with Crippen LogP contribution in [0.5, 0.6) is 5.75 Å². The van der Waals surface area contributed by atoms with Gasteiger partial charge in [-0.3, -0.25) is 0 Å². The Balaban J connectivity index is 2.19. The van der Waals surface area contributed by atoms with Crippen LogP contribution in [0.25, 0.3) is 0 Å². The number of nitrogens with one attached hydrogen (secondary N) is 1. The molecule has 1 N–H and O–H groups in total. The van der Waals surface area contributed by atoms with Crippen molar-refractivity contribution in [3.63, 3.8) is 0 Å². The summed E-state index contributed by atoms with van der Waals surface area (Å²) in [7, 11) is 1.61. The van der Waals surface area contributed by atoms with E-state index in [2.05, 4.69) is 30.8 Å². The summed E-state index contributed by atoms with van der Waals surface area (Å²) in [4.78, 5) is 0. The summed E-state index contributed by atoms with van der Waals surface area (Å²) in [6, 6.07) is 3.60. The van der Waals surface area contributed by atoms with Crippen molar-refractivity contribution in [1.82, 2.24) is 9.59 Å². The maximum atomic E-state index is 5.99. The van der Waals surface area contributed by atoms with E-state index in [1.807, 2.05) is 11.4 Å². The first-order chi connectivity index (χ1) is 8.20. The maximum Gasteiger partial charge on any atom is 0.156 e. The van der Waals surface area contributed by atoms with Gasteiger partial charge in [0.05, 0.1) is 29.5 Å². The van der Waals surface area contributed by atoms with Crippen molar-refractivity contribution in [2.45, 2.75) is 6.54 Å². The van der Waals surface area contributed by atoms with Crippen LogP contribution < -0.4 is 10.1 Å². The SMILES string of the molecule is COc1c(Br)cc(Cl)cc1NCc1csnn1. The number of ether oxygens (including phenoxy) is 1. The smallest absolute Gasteiger partial charge is 0.156 e. The summed E-state index contributed by atoms with van der Waals surface area (Å²) in [5, 5.41) is 9.69. The first-order valence-electron chi connectivity index (χ1n) is 4.73. The van der Waals surface area contributed by atoms with E-state index in [4.69, 9.17) is 16.3 Å². The Morgan fingerprint density at radius 2 is 2.35 bits per heavy atom. The number of hydrogen-bond donors (Lipinski definition) is 1. The summed E-state index contributed by atoms with van der Waals surface area (Å²) in [6.07, 6.45) is 0. The first kappa shape index (κ1) is 12.6. The second-order valence-corrected chi connectivity index (χ2v) is 5.12. The van der Waals surface area contributed by atoms with Gasteiger partial charge in [0.15, 0.2) is 5.75 Å². The third-order valence-corrected chi connectivity index (χ3v) is 3.44. The molecule has 1 aromatic heterocycles. The highest BCUT2D eigenvalue weighted by Crippen LogP contribution is 2.36. The number of hydrogen-bond acceptors (Lipinski definition) is 5. The molecule has 0 aliphatic heterocycles. The summed E-state index contributed by atoms with van der Waals surface area (Å²) >= 11 is 10.7. The highest BCUT2D eigenvalue weighted by atomic mass is 79.9. The summed E-state index contributed by atoms with van der Waals surface area (Å²) in [5.74, 6) is 0.720. The van der Waals surface area contributed by atoms with Crippen molar-refractivity contribution < 1.29 is 4.74 Å². The normalized spacial score (nSPS) is 10.3. The summed E-state index contributed by atoms with van der Waals surface area (Å²) < 4.78 is 9.91. The summed E-state index contributed by atoms with van der Waals surface area (Å²) in [6.45, 7) is 0.583. The van der Waals surface area contributed by atoms with Crippen molar-refractivity contribution >= 4 is 44.8 Å². The molecule has 0 aliphatic carbocycles. The van der Waals surface area contributed by atoms with Gasteiger partial charge in [-0.25, -0.2) is 0 Å². The van der Waals surface area contributed by atoms with Crippen LogP contribution in [0.3, 0.4) is 0 Å². The second-order valence-electron chi connectivity index (χ2n) is 3.22. The lowest BCUT2D eigenvalue weighted by molar-refractivity contribution is 0.414. The van der Waals surface area contributed by atoms with Crippen LogP contribution in [-0.2, 0) is 6.54 Å².